The maximum Gasteiger partial charge on any atom is 0.227 e. The molecule has 0 aromatic heterocycles. The summed E-state index contributed by atoms with van der Waals surface area (Å²) in [6, 6.07) is 0. The summed E-state index contributed by atoms with van der Waals surface area (Å²) in [7, 11) is 0. The number of carbonyl (C=O) groups excluding carboxylic acids is 1. The number of primary amides is 1. The number of hydrogen-bond acceptors (Lipinski definition) is 1. The zero-order valence-electron chi connectivity index (χ0n) is 5.98. The number of carbonyl (C=O) groups is 1. The van der Waals surface area contributed by atoms with Crippen LogP contribution in [-0.2, 0) is 4.79 Å². The standard InChI is InChI=1S/C7H13NO.H2/c1-4-7(3,5-2)6(8)9;/h4H,1,5H2,2-3H3,(H2,8,9);1H. The lowest BCUT2D eigenvalue weighted by Crippen LogP contribution is -2.31. The Hall–Kier alpha value is -0.790. The van der Waals surface area contributed by atoms with Gasteiger partial charge >= 0.3 is 0 Å². The fourth-order valence-electron chi connectivity index (χ4n) is 0.419. The van der Waals surface area contributed by atoms with Crippen LogP contribution < -0.4 is 5.73 Å². The van der Waals surface area contributed by atoms with E-state index < -0.39 is 5.41 Å². The van der Waals surface area contributed by atoms with Crippen molar-refractivity contribution >= 4 is 5.91 Å². The molecule has 2 nitrogen and oxygen atoms in total. The second kappa shape index (κ2) is 2.67. The molecule has 0 aliphatic rings. The monoisotopic (exact) mass is 129 g/mol. The molecule has 0 heterocycles. The van der Waals surface area contributed by atoms with Gasteiger partial charge in [0.2, 0.25) is 5.91 Å². The second-order valence-electron chi connectivity index (χ2n) is 2.34. The molecule has 54 valence electrons. The molecule has 0 aliphatic heterocycles. The number of amides is 1. The largest absolute Gasteiger partial charge is 0.369 e. The van der Waals surface area contributed by atoms with Crippen LogP contribution in [0.2, 0.25) is 0 Å². The Labute approximate surface area is 57.2 Å². The predicted molar refractivity (Wildman–Crippen MR) is 39.9 cm³/mol. The molecule has 1 atom stereocenters. The number of hydrogen-bond donors (Lipinski definition) is 1. The van der Waals surface area contributed by atoms with Crippen molar-refractivity contribution in [1.29, 1.82) is 0 Å². The molecule has 0 spiro atoms. The fourth-order valence-corrected chi connectivity index (χ4v) is 0.419. The molecule has 2 N–H and O–H groups in total. The minimum Gasteiger partial charge on any atom is -0.369 e. The zero-order chi connectivity index (χ0) is 7.49. The molecule has 0 saturated carbocycles. The van der Waals surface area contributed by atoms with E-state index in [4.69, 9.17) is 5.73 Å². The lowest BCUT2D eigenvalue weighted by atomic mass is 9.87. The molecule has 0 saturated heterocycles. The van der Waals surface area contributed by atoms with E-state index in [2.05, 4.69) is 6.58 Å². The average Bonchev–Trinajstić information content (AvgIpc) is 1.86. The first-order chi connectivity index (χ1) is 4.06. The smallest absolute Gasteiger partial charge is 0.227 e. The van der Waals surface area contributed by atoms with Gasteiger partial charge in [-0.2, -0.15) is 0 Å². The van der Waals surface area contributed by atoms with Gasteiger partial charge in [-0.05, 0) is 13.3 Å². The van der Waals surface area contributed by atoms with Crippen LogP contribution in [0.1, 0.15) is 21.7 Å². The maximum atomic E-state index is 10.6. The summed E-state index contributed by atoms with van der Waals surface area (Å²) in [4.78, 5) is 10.6. The minimum absolute atomic E-state index is 0. The van der Waals surface area contributed by atoms with Crippen LogP contribution in [0.4, 0.5) is 0 Å². The molecule has 0 rings (SSSR count). The average molecular weight is 129 g/mol. The highest BCUT2D eigenvalue weighted by Gasteiger charge is 2.23. The van der Waals surface area contributed by atoms with Gasteiger partial charge in [0, 0.05) is 1.43 Å². The molecule has 1 amide bonds. The van der Waals surface area contributed by atoms with Gasteiger partial charge in [0.1, 0.15) is 0 Å². The predicted octanol–water partition coefficient (Wildman–Crippen LogP) is 1.32. The van der Waals surface area contributed by atoms with Crippen LogP contribution in [-0.4, -0.2) is 5.91 Å². The third-order valence-corrected chi connectivity index (χ3v) is 1.75. The summed E-state index contributed by atoms with van der Waals surface area (Å²) < 4.78 is 0. The molecule has 0 bridgehead atoms. The first-order valence-corrected chi connectivity index (χ1v) is 3.00. The summed E-state index contributed by atoms with van der Waals surface area (Å²) in [6.07, 6.45) is 2.31. The van der Waals surface area contributed by atoms with Gasteiger partial charge in [-0.25, -0.2) is 0 Å². The van der Waals surface area contributed by atoms with Crippen molar-refractivity contribution in [3.8, 4) is 0 Å². The lowest BCUT2D eigenvalue weighted by Gasteiger charge is -2.17. The minimum atomic E-state index is -0.514. The van der Waals surface area contributed by atoms with Crippen LogP contribution in [0.15, 0.2) is 12.7 Å². The van der Waals surface area contributed by atoms with Crippen LogP contribution in [0.25, 0.3) is 0 Å². The fraction of sp³-hybridized carbons (Fsp3) is 0.571. The van der Waals surface area contributed by atoms with E-state index in [0.29, 0.717) is 6.42 Å². The lowest BCUT2D eigenvalue weighted by molar-refractivity contribution is -0.124. The van der Waals surface area contributed by atoms with E-state index in [9.17, 15) is 4.79 Å². The van der Waals surface area contributed by atoms with Crippen LogP contribution >= 0.6 is 0 Å². The van der Waals surface area contributed by atoms with E-state index >= 15 is 0 Å². The van der Waals surface area contributed by atoms with E-state index in [-0.39, 0.29) is 7.33 Å². The van der Waals surface area contributed by atoms with E-state index in [1.54, 1.807) is 13.0 Å². The van der Waals surface area contributed by atoms with Crippen molar-refractivity contribution in [1.82, 2.24) is 0 Å². The number of nitrogens with two attached hydrogens (primary N) is 1. The van der Waals surface area contributed by atoms with Gasteiger partial charge in [-0.3, -0.25) is 4.79 Å². The van der Waals surface area contributed by atoms with E-state index in [1.165, 1.54) is 0 Å². The van der Waals surface area contributed by atoms with Gasteiger partial charge in [-0.1, -0.05) is 13.0 Å². The van der Waals surface area contributed by atoms with Gasteiger partial charge in [0.15, 0.2) is 0 Å². The Morgan fingerprint density at radius 2 is 2.44 bits per heavy atom. The Bertz CT molecular complexity index is 136. The summed E-state index contributed by atoms with van der Waals surface area (Å²) in [6.45, 7) is 7.21. The quantitative estimate of drug-likeness (QED) is 0.574. The Morgan fingerprint density at radius 1 is 2.00 bits per heavy atom. The molecule has 0 aromatic carbocycles. The number of rotatable bonds is 3. The first kappa shape index (κ1) is 8.21. The molecule has 2 heteroatoms. The van der Waals surface area contributed by atoms with Crippen LogP contribution in [0, 0.1) is 5.41 Å². The molecular weight excluding hydrogens is 114 g/mol. The topological polar surface area (TPSA) is 43.1 Å². The summed E-state index contributed by atoms with van der Waals surface area (Å²) in [5.74, 6) is -0.306. The van der Waals surface area contributed by atoms with Crippen molar-refractivity contribution in [2.45, 2.75) is 20.3 Å². The molecule has 0 aliphatic carbocycles. The van der Waals surface area contributed by atoms with Gasteiger partial charge < -0.3 is 5.73 Å². The van der Waals surface area contributed by atoms with Crippen molar-refractivity contribution in [2.75, 3.05) is 0 Å². The normalized spacial score (nSPS) is 16.2. The summed E-state index contributed by atoms with van der Waals surface area (Å²) in [5.41, 5.74) is 4.57. The van der Waals surface area contributed by atoms with Gasteiger partial charge in [0.05, 0.1) is 5.41 Å². The highest BCUT2D eigenvalue weighted by atomic mass is 16.1. The molecule has 9 heavy (non-hydrogen) atoms. The molecular formula is C7H15NO. The summed E-state index contributed by atoms with van der Waals surface area (Å²) >= 11 is 0. The van der Waals surface area contributed by atoms with Crippen molar-refractivity contribution in [3.63, 3.8) is 0 Å². The van der Waals surface area contributed by atoms with Crippen molar-refractivity contribution in [2.24, 2.45) is 11.1 Å². The highest BCUT2D eigenvalue weighted by Crippen LogP contribution is 2.20. The van der Waals surface area contributed by atoms with Crippen LogP contribution in [0.5, 0.6) is 0 Å². The Balaban J connectivity index is 0. The zero-order valence-corrected chi connectivity index (χ0v) is 5.98. The second-order valence-corrected chi connectivity index (χ2v) is 2.34. The molecule has 0 fully saturated rings. The molecule has 0 radical (unpaired) electrons. The third-order valence-electron chi connectivity index (χ3n) is 1.75. The van der Waals surface area contributed by atoms with Crippen LogP contribution in [0.3, 0.4) is 0 Å². The van der Waals surface area contributed by atoms with E-state index in [1.807, 2.05) is 6.92 Å². The molecule has 0 aromatic rings. The maximum absolute atomic E-state index is 10.6. The van der Waals surface area contributed by atoms with Gasteiger partial charge in [-0.15, -0.1) is 6.58 Å². The highest BCUT2D eigenvalue weighted by molar-refractivity contribution is 5.82. The Morgan fingerprint density at radius 3 is 2.44 bits per heavy atom. The van der Waals surface area contributed by atoms with Crippen molar-refractivity contribution in [3.05, 3.63) is 12.7 Å². The third kappa shape index (κ3) is 1.56. The summed E-state index contributed by atoms with van der Waals surface area (Å²) in [5, 5.41) is 0. The SMILES string of the molecule is C=CC(C)(CC)C(N)=O.[HH]. The Kier molecular flexibility index (Phi) is 2.43. The first-order valence-electron chi connectivity index (χ1n) is 3.00. The van der Waals surface area contributed by atoms with Gasteiger partial charge in [0.25, 0.3) is 0 Å². The van der Waals surface area contributed by atoms with Crippen molar-refractivity contribution < 1.29 is 6.22 Å². The van der Waals surface area contributed by atoms with E-state index in [0.717, 1.165) is 0 Å². The molecule has 1 unspecified atom stereocenters.